The largest absolute Gasteiger partial charge is 0.344 e. The quantitative estimate of drug-likeness (QED) is 0.526. The number of anilines is 1. The first-order valence-electron chi connectivity index (χ1n) is 4.51. The highest BCUT2D eigenvalue weighted by Gasteiger charge is 1.98. The monoisotopic (exact) mass is 176 g/mol. The zero-order chi connectivity index (χ0) is 9.84. The molecule has 0 saturated carbocycles. The van der Waals surface area contributed by atoms with Crippen LogP contribution >= 0.6 is 0 Å². The lowest BCUT2D eigenvalue weighted by molar-refractivity contribution is 0.867. The molecule has 0 aliphatic heterocycles. The number of rotatable bonds is 2. The Morgan fingerprint density at radius 2 is 1.77 bits per heavy atom. The molecule has 2 nitrogen and oxygen atoms in total. The van der Waals surface area contributed by atoms with E-state index in [0.717, 1.165) is 5.69 Å². The average Bonchev–Trinajstić information content (AvgIpc) is 2.04. The third-order valence-corrected chi connectivity index (χ3v) is 1.91. The molecule has 0 bridgehead atoms. The van der Waals surface area contributed by atoms with Gasteiger partial charge in [0.1, 0.15) is 0 Å². The van der Waals surface area contributed by atoms with Gasteiger partial charge in [0.2, 0.25) is 0 Å². The molecule has 0 aliphatic rings. The van der Waals surface area contributed by atoms with Crippen LogP contribution in [0.1, 0.15) is 32.3 Å². The Kier molecular flexibility index (Phi) is 3.07. The molecule has 0 aliphatic carbocycles. The summed E-state index contributed by atoms with van der Waals surface area (Å²) in [6, 6.07) is 8.20. The highest BCUT2D eigenvalue weighted by atomic mass is 14.9. The van der Waals surface area contributed by atoms with Crippen molar-refractivity contribution in [1.82, 2.24) is 0 Å². The van der Waals surface area contributed by atoms with Gasteiger partial charge in [-0.1, -0.05) is 26.0 Å². The van der Waals surface area contributed by atoms with Gasteiger partial charge >= 0.3 is 0 Å². The molecule has 0 fully saturated rings. The van der Waals surface area contributed by atoms with E-state index < -0.39 is 0 Å². The van der Waals surface area contributed by atoms with E-state index in [4.69, 9.17) is 5.41 Å². The molecule has 1 rings (SSSR count). The van der Waals surface area contributed by atoms with E-state index in [0.29, 0.717) is 11.8 Å². The van der Waals surface area contributed by atoms with E-state index in [1.54, 1.807) is 6.92 Å². The Labute approximate surface area is 79.5 Å². The Hall–Kier alpha value is -1.31. The highest BCUT2D eigenvalue weighted by molar-refractivity contribution is 5.90. The molecular weight excluding hydrogens is 160 g/mol. The van der Waals surface area contributed by atoms with Crippen LogP contribution in [0.3, 0.4) is 0 Å². The fraction of sp³-hybridized carbons (Fsp3) is 0.364. The Balaban J connectivity index is 2.75. The van der Waals surface area contributed by atoms with Crippen molar-refractivity contribution < 1.29 is 0 Å². The molecule has 0 spiro atoms. The van der Waals surface area contributed by atoms with Gasteiger partial charge in [-0.25, -0.2) is 0 Å². The van der Waals surface area contributed by atoms with Gasteiger partial charge in [-0.15, -0.1) is 0 Å². The second-order valence-corrected chi connectivity index (χ2v) is 3.53. The maximum atomic E-state index is 7.26. The highest BCUT2D eigenvalue weighted by Crippen LogP contribution is 2.16. The molecule has 70 valence electrons. The smallest absolute Gasteiger partial charge is 0.0944 e. The van der Waals surface area contributed by atoms with Crippen LogP contribution in [0, 0.1) is 5.41 Å². The van der Waals surface area contributed by atoms with Gasteiger partial charge < -0.3 is 5.32 Å². The predicted octanol–water partition coefficient (Wildman–Crippen LogP) is 3.22. The first-order valence-corrected chi connectivity index (χ1v) is 4.51. The van der Waals surface area contributed by atoms with Gasteiger partial charge in [-0.05, 0) is 30.5 Å². The van der Waals surface area contributed by atoms with E-state index in [1.165, 1.54) is 5.56 Å². The number of benzene rings is 1. The van der Waals surface area contributed by atoms with E-state index in [1.807, 2.05) is 12.1 Å². The second-order valence-electron chi connectivity index (χ2n) is 3.53. The first kappa shape index (κ1) is 9.78. The van der Waals surface area contributed by atoms with Crippen molar-refractivity contribution in [2.75, 3.05) is 5.32 Å². The van der Waals surface area contributed by atoms with Crippen LogP contribution in [0.5, 0.6) is 0 Å². The topological polar surface area (TPSA) is 35.9 Å². The molecule has 2 N–H and O–H groups in total. The number of hydrogen-bond donors (Lipinski definition) is 2. The molecule has 0 heterocycles. The van der Waals surface area contributed by atoms with Gasteiger partial charge in [-0.3, -0.25) is 5.41 Å². The molecule has 1 aromatic carbocycles. The fourth-order valence-corrected chi connectivity index (χ4v) is 1.17. The van der Waals surface area contributed by atoms with Gasteiger partial charge in [0.05, 0.1) is 5.84 Å². The lowest BCUT2D eigenvalue weighted by Crippen LogP contribution is -2.04. The standard InChI is InChI=1S/C11H16N2/c1-8(2)10-4-6-11(7-5-10)13-9(3)12/h4-8H,1-3H3,(H2,12,13). The Morgan fingerprint density at radius 1 is 1.23 bits per heavy atom. The van der Waals surface area contributed by atoms with E-state index >= 15 is 0 Å². The summed E-state index contributed by atoms with van der Waals surface area (Å²) >= 11 is 0. The molecular formula is C11H16N2. The van der Waals surface area contributed by atoms with Crippen LogP contribution in [-0.2, 0) is 0 Å². The lowest BCUT2D eigenvalue weighted by atomic mass is 10.0. The number of nitrogens with one attached hydrogen (secondary N) is 2. The summed E-state index contributed by atoms with van der Waals surface area (Å²) in [5.74, 6) is 1.03. The first-order chi connectivity index (χ1) is 6.09. The van der Waals surface area contributed by atoms with E-state index in [9.17, 15) is 0 Å². The summed E-state index contributed by atoms with van der Waals surface area (Å²) in [6.07, 6.45) is 0. The zero-order valence-corrected chi connectivity index (χ0v) is 8.39. The van der Waals surface area contributed by atoms with Crippen molar-refractivity contribution in [3.8, 4) is 0 Å². The van der Waals surface area contributed by atoms with Crippen LogP contribution in [0.25, 0.3) is 0 Å². The van der Waals surface area contributed by atoms with Crippen molar-refractivity contribution in [2.45, 2.75) is 26.7 Å². The summed E-state index contributed by atoms with van der Waals surface area (Å²) in [6.45, 7) is 6.07. The molecule has 0 aromatic heterocycles. The van der Waals surface area contributed by atoms with Crippen molar-refractivity contribution in [1.29, 1.82) is 5.41 Å². The maximum Gasteiger partial charge on any atom is 0.0944 e. The normalized spacial score (nSPS) is 10.2. The fourth-order valence-electron chi connectivity index (χ4n) is 1.17. The predicted molar refractivity (Wildman–Crippen MR) is 57.6 cm³/mol. The molecule has 0 unspecified atom stereocenters. The summed E-state index contributed by atoms with van der Waals surface area (Å²) < 4.78 is 0. The van der Waals surface area contributed by atoms with Crippen molar-refractivity contribution in [3.63, 3.8) is 0 Å². The lowest BCUT2D eigenvalue weighted by Gasteiger charge is -2.07. The third kappa shape index (κ3) is 2.90. The Bertz CT molecular complexity index is 285. The summed E-state index contributed by atoms with van der Waals surface area (Å²) in [5.41, 5.74) is 2.31. The van der Waals surface area contributed by atoms with E-state index in [2.05, 4.69) is 31.3 Å². The maximum absolute atomic E-state index is 7.26. The molecule has 2 heteroatoms. The average molecular weight is 176 g/mol. The van der Waals surface area contributed by atoms with Gasteiger partial charge in [0.25, 0.3) is 0 Å². The molecule has 0 amide bonds. The molecule has 13 heavy (non-hydrogen) atoms. The summed E-state index contributed by atoms with van der Waals surface area (Å²) in [5, 5.41) is 10.2. The van der Waals surface area contributed by atoms with E-state index in [-0.39, 0.29) is 0 Å². The molecule has 1 aromatic rings. The molecule has 0 radical (unpaired) electrons. The van der Waals surface area contributed by atoms with Crippen LogP contribution < -0.4 is 5.32 Å². The van der Waals surface area contributed by atoms with Gasteiger partial charge in [0, 0.05) is 5.69 Å². The van der Waals surface area contributed by atoms with Crippen molar-refractivity contribution >= 4 is 11.5 Å². The van der Waals surface area contributed by atoms with Crippen molar-refractivity contribution in [2.24, 2.45) is 0 Å². The Morgan fingerprint density at radius 3 is 2.15 bits per heavy atom. The third-order valence-electron chi connectivity index (χ3n) is 1.91. The molecule has 0 atom stereocenters. The summed E-state index contributed by atoms with van der Waals surface area (Å²) in [4.78, 5) is 0. The van der Waals surface area contributed by atoms with Gasteiger partial charge in [-0.2, -0.15) is 0 Å². The number of amidine groups is 1. The SMILES string of the molecule is CC(=N)Nc1ccc(C(C)C)cc1. The summed E-state index contributed by atoms with van der Waals surface area (Å²) in [7, 11) is 0. The minimum absolute atomic E-state index is 0.470. The number of hydrogen-bond acceptors (Lipinski definition) is 1. The molecule has 0 saturated heterocycles. The zero-order valence-electron chi connectivity index (χ0n) is 8.39. The van der Waals surface area contributed by atoms with Crippen LogP contribution in [-0.4, -0.2) is 5.84 Å². The van der Waals surface area contributed by atoms with Crippen LogP contribution in [0.15, 0.2) is 24.3 Å². The van der Waals surface area contributed by atoms with Crippen molar-refractivity contribution in [3.05, 3.63) is 29.8 Å². The minimum Gasteiger partial charge on any atom is -0.344 e. The van der Waals surface area contributed by atoms with Gasteiger partial charge in [0.15, 0.2) is 0 Å². The van der Waals surface area contributed by atoms with Crippen LogP contribution in [0.2, 0.25) is 0 Å². The minimum atomic E-state index is 0.470. The second kappa shape index (κ2) is 4.08. The van der Waals surface area contributed by atoms with Crippen LogP contribution in [0.4, 0.5) is 5.69 Å².